The molecule has 0 spiro atoms. The molecule has 53 heavy (non-hydrogen) atoms. The molecule has 4 aromatic rings. The Morgan fingerprint density at radius 2 is 1.79 bits per heavy atom. The molecule has 0 bridgehead atoms. The van der Waals surface area contributed by atoms with E-state index in [0.29, 0.717) is 11.6 Å². The lowest BCUT2D eigenvalue weighted by Gasteiger charge is -2.40. The number of nitriles is 1. The van der Waals surface area contributed by atoms with Crippen LogP contribution in [0.4, 0.5) is 13.2 Å². The van der Waals surface area contributed by atoms with E-state index in [-0.39, 0.29) is 53.8 Å². The molecule has 6 rings (SSSR count). The maximum atomic E-state index is 15.7. The van der Waals surface area contributed by atoms with E-state index in [9.17, 15) is 23.2 Å². The van der Waals surface area contributed by atoms with E-state index >= 15 is 4.39 Å². The second kappa shape index (κ2) is 16.4. The fourth-order valence-corrected chi connectivity index (χ4v) is 7.39. The number of allylic oxidation sites excluding steroid dienone is 2. The van der Waals surface area contributed by atoms with Gasteiger partial charge in [-0.2, -0.15) is 10.4 Å². The monoisotopic (exact) mass is 743 g/mol. The lowest BCUT2D eigenvalue weighted by atomic mass is 9.89. The third kappa shape index (κ3) is 8.41. The quantitative estimate of drug-likeness (QED) is 0.0936. The summed E-state index contributed by atoms with van der Waals surface area (Å²) in [6.07, 6.45) is 7.95. The van der Waals surface area contributed by atoms with Crippen LogP contribution in [0.15, 0.2) is 91.5 Å². The second-order valence-corrected chi connectivity index (χ2v) is 13.8. The van der Waals surface area contributed by atoms with Crippen LogP contribution in [-0.2, 0) is 31.2 Å². The minimum Gasteiger partial charge on any atom is -0.451 e. The summed E-state index contributed by atoms with van der Waals surface area (Å²) in [6.45, 7) is 1.61. The first-order valence-electron chi connectivity index (χ1n) is 16.5. The smallest absolute Gasteiger partial charge is 0.308 e. The third-order valence-corrected chi connectivity index (χ3v) is 10.1. The van der Waals surface area contributed by atoms with Crippen molar-refractivity contribution in [3.05, 3.63) is 137 Å². The molecular weight excluding hydrogens is 712 g/mol. The highest BCUT2D eigenvalue weighted by molar-refractivity contribution is 8.00. The van der Waals surface area contributed by atoms with Gasteiger partial charge < -0.3 is 14.2 Å². The van der Waals surface area contributed by atoms with Crippen molar-refractivity contribution < 1.29 is 41.8 Å². The molecule has 15 heteroatoms. The van der Waals surface area contributed by atoms with Gasteiger partial charge in [-0.15, -0.1) is 11.8 Å². The number of hydrogen-bond acceptors (Lipinski definition) is 10. The van der Waals surface area contributed by atoms with Crippen molar-refractivity contribution in [2.24, 2.45) is 0 Å². The Kier molecular flexibility index (Phi) is 11.5. The first-order chi connectivity index (χ1) is 25.6. The number of carbonyl (C=O) groups is 3. The highest BCUT2D eigenvalue weighted by Gasteiger charge is 2.47. The number of thioether (sulfide) groups is 1. The molecule has 0 radical (unpaired) electrons. The topological polar surface area (TPSA) is 137 Å². The maximum absolute atomic E-state index is 15.7. The Morgan fingerprint density at radius 3 is 2.43 bits per heavy atom. The van der Waals surface area contributed by atoms with Gasteiger partial charge >= 0.3 is 5.97 Å². The summed E-state index contributed by atoms with van der Waals surface area (Å²) >= 11 is 1.30. The second-order valence-electron chi connectivity index (χ2n) is 12.2. The summed E-state index contributed by atoms with van der Waals surface area (Å²) in [7, 11) is 0. The predicted octanol–water partition coefficient (Wildman–Crippen LogP) is 5.82. The molecule has 3 aromatic carbocycles. The minimum absolute atomic E-state index is 0.118. The standard InChI is InChI=1S/C38H32F3N5O6S/c1-24(53-28-19-50-35(51-20-28)9-5-2-6-26-11-10-25(18-42)16-32(26)40)38(21-45-23-43-22-44-45,31-13-12-27(39)17-33(31)41)52-34(47)14-15-46-36(48)29-7-3-4-8-30(29)37(46)49/h2-13,16-17,22-24,28,35H,14-15,19-21H2,1H3/b6-2+,9-5+/t24-,28-,35-,38-/m1/s1. The van der Waals surface area contributed by atoms with E-state index in [1.807, 2.05) is 6.07 Å². The van der Waals surface area contributed by atoms with E-state index in [2.05, 4.69) is 10.1 Å². The van der Waals surface area contributed by atoms with Crippen molar-refractivity contribution in [2.45, 2.75) is 42.3 Å². The van der Waals surface area contributed by atoms with E-state index < -0.39 is 58.8 Å². The molecular formula is C38H32F3N5O6S. The van der Waals surface area contributed by atoms with Crippen molar-refractivity contribution in [3.63, 3.8) is 0 Å². The molecule has 0 saturated carbocycles. The number of hydrogen-bond donors (Lipinski definition) is 0. The van der Waals surface area contributed by atoms with Crippen molar-refractivity contribution >= 4 is 35.6 Å². The lowest BCUT2D eigenvalue weighted by Crippen LogP contribution is -2.47. The Bertz CT molecular complexity index is 2060. The summed E-state index contributed by atoms with van der Waals surface area (Å²) in [4.78, 5) is 44.4. The highest BCUT2D eigenvalue weighted by atomic mass is 32.2. The minimum atomic E-state index is -1.79. The Balaban J connectivity index is 1.17. The van der Waals surface area contributed by atoms with Gasteiger partial charge in [0.15, 0.2) is 11.9 Å². The average molecular weight is 744 g/mol. The zero-order valence-corrected chi connectivity index (χ0v) is 29.0. The van der Waals surface area contributed by atoms with Gasteiger partial charge in [-0.05, 0) is 49.4 Å². The van der Waals surface area contributed by atoms with Crippen molar-refractivity contribution in [1.29, 1.82) is 5.26 Å². The van der Waals surface area contributed by atoms with Crippen molar-refractivity contribution in [3.8, 4) is 6.07 Å². The number of esters is 1. The van der Waals surface area contributed by atoms with Crippen LogP contribution in [0.3, 0.4) is 0 Å². The van der Waals surface area contributed by atoms with E-state index in [4.69, 9.17) is 19.5 Å². The zero-order chi connectivity index (χ0) is 37.5. The molecule has 2 aliphatic rings. The third-order valence-electron chi connectivity index (χ3n) is 8.69. The molecule has 272 valence electrons. The molecule has 2 atom stereocenters. The maximum Gasteiger partial charge on any atom is 0.308 e. The first kappa shape index (κ1) is 37.2. The van der Waals surface area contributed by atoms with Gasteiger partial charge in [0.25, 0.3) is 11.8 Å². The largest absolute Gasteiger partial charge is 0.451 e. The number of aromatic nitrogens is 3. The molecule has 1 fully saturated rings. The van der Waals surface area contributed by atoms with Crippen LogP contribution in [0, 0.1) is 28.8 Å². The van der Waals surface area contributed by atoms with Crippen LogP contribution in [0.1, 0.15) is 50.8 Å². The molecule has 1 aromatic heterocycles. The number of ether oxygens (including phenoxy) is 3. The first-order valence-corrected chi connectivity index (χ1v) is 17.4. The van der Waals surface area contributed by atoms with Gasteiger partial charge in [0, 0.05) is 29.0 Å². The van der Waals surface area contributed by atoms with Crippen LogP contribution in [0.25, 0.3) is 6.08 Å². The van der Waals surface area contributed by atoms with E-state index in [1.54, 1.807) is 43.4 Å². The van der Waals surface area contributed by atoms with Gasteiger partial charge in [-0.1, -0.05) is 36.4 Å². The molecule has 0 unspecified atom stereocenters. The van der Waals surface area contributed by atoms with Crippen molar-refractivity contribution in [2.75, 3.05) is 19.8 Å². The molecule has 1 saturated heterocycles. The molecule has 11 nitrogen and oxygen atoms in total. The van der Waals surface area contributed by atoms with Crippen molar-refractivity contribution in [1.82, 2.24) is 19.7 Å². The SMILES string of the molecule is C[C@@H](S[C@H]1CO[C@H](/C=C/C=C/c2ccc(C#N)cc2F)OC1)[C@@](Cn1cncn1)(OC(=O)CCN1C(=O)c2ccccc2C1=O)c1ccc(F)cc1F. The van der Waals surface area contributed by atoms with Gasteiger partial charge in [0.2, 0.25) is 0 Å². The van der Waals surface area contributed by atoms with Crippen LogP contribution in [0.2, 0.25) is 0 Å². The van der Waals surface area contributed by atoms with Gasteiger partial charge in [-0.25, -0.2) is 22.8 Å². The number of imide groups is 1. The average Bonchev–Trinajstić information content (AvgIpc) is 3.75. The Labute approximate surface area is 306 Å². The van der Waals surface area contributed by atoms with Crippen LogP contribution >= 0.6 is 11.8 Å². The normalized spacial score (nSPS) is 19.0. The molecule has 3 heterocycles. The summed E-state index contributed by atoms with van der Waals surface area (Å²) in [5.74, 6) is -4.23. The number of fused-ring (bicyclic) bond motifs is 1. The number of nitrogens with zero attached hydrogens (tertiary/aromatic N) is 5. The molecule has 2 aliphatic heterocycles. The van der Waals surface area contributed by atoms with Crippen LogP contribution < -0.4 is 0 Å². The summed E-state index contributed by atoms with van der Waals surface area (Å²) in [5, 5.41) is 12.0. The lowest BCUT2D eigenvalue weighted by molar-refractivity contribution is -0.163. The number of rotatable bonds is 13. The van der Waals surface area contributed by atoms with Crippen LogP contribution in [-0.4, -0.2) is 74.0 Å². The predicted molar refractivity (Wildman–Crippen MR) is 186 cm³/mol. The number of carbonyl (C=O) groups excluding carboxylic acids is 3. The summed E-state index contributed by atoms with van der Waals surface area (Å²) < 4.78 is 63.4. The summed E-state index contributed by atoms with van der Waals surface area (Å²) in [6, 6.07) is 15.4. The number of benzene rings is 3. The van der Waals surface area contributed by atoms with Gasteiger partial charge in [0.05, 0.1) is 54.2 Å². The Morgan fingerprint density at radius 1 is 1.06 bits per heavy atom. The van der Waals surface area contributed by atoms with Gasteiger partial charge in [-0.3, -0.25) is 19.3 Å². The highest BCUT2D eigenvalue weighted by Crippen LogP contribution is 2.42. The van der Waals surface area contributed by atoms with Gasteiger partial charge in [0.1, 0.15) is 30.1 Å². The summed E-state index contributed by atoms with van der Waals surface area (Å²) in [5.41, 5.74) is -0.925. The molecule has 0 aliphatic carbocycles. The number of amides is 2. The Hall–Kier alpha value is -5.56. The van der Waals surface area contributed by atoms with Crippen LogP contribution in [0.5, 0.6) is 0 Å². The fourth-order valence-electron chi connectivity index (χ4n) is 6.02. The van der Waals surface area contributed by atoms with E-state index in [0.717, 1.165) is 17.0 Å². The molecule has 2 amide bonds. The fraction of sp³-hybridized carbons (Fsp3) is 0.263. The number of halogens is 3. The molecule has 0 N–H and O–H groups in total. The zero-order valence-electron chi connectivity index (χ0n) is 28.2. The van der Waals surface area contributed by atoms with E-state index in [1.165, 1.54) is 59.4 Å².